The number of rotatable bonds is 5. The van der Waals surface area contributed by atoms with Gasteiger partial charge in [-0.25, -0.2) is 13.1 Å². The molecule has 0 spiro atoms. The lowest BCUT2D eigenvalue weighted by atomic mass is 9.96. The SMILES string of the molecule is Cc1nocc1S(=O)(=O)NCC1(c2ccccc2)CC1. The summed E-state index contributed by atoms with van der Waals surface area (Å²) < 4.78 is 31.8. The summed E-state index contributed by atoms with van der Waals surface area (Å²) in [5.74, 6) is 0. The molecule has 0 radical (unpaired) electrons. The average molecular weight is 292 g/mol. The fourth-order valence-corrected chi connectivity index (χ4v) is 3.58. The van der Waals surface area contributed by atoms with Crippen molar-refractivity contribution in [3.63, 3.8) is 0 Å². The van der Waals surface area contributed by atoms with Gasteiger partial charge in [-0.3, -0.25) is 0 Å². The van der Waals surface area contributed by atoms with Crippen molar-refractivity contribution in [2.75, 3.05) is 6.54 Å². The van der Waals surface area contributed by atoms with E-state index in [9.17, 15) is 8.42 Å². The van der Waals surface area contributed by atoms with Gasteiger partial charge in [0.05, 0.1) is 0 Å². The molecule has 1 heterocycles. The highest BCUT2D eigenvalue weighted by Crippen LogP contribution is 2.47. The van der Waals surface area contributed by atoms with Crippen molar-refractivity contribution in [2.45, 2.75) is 30.1 Å². The fraction of sp³-hybridized carbons (Fsp3) is 0.357. The number of hydrogen-bond acceptors (Lipinski definition) is 4. The van der Waals surface area contributed by atoms with Crippen LogP contribution in [0.3, 0.4) is 0 Å². The highest BCUT2D eigenvalue weighted by molar-refractivity contribution is 7.89. The van der Waals surface area contributed by atoms with E-state index in [1.807, 2.05) is 30.3 Å². The molecule has 1 aromatic carbocycles. The molecule has 1 aliphatic carbocycles. The Hall–Kier alpha value is -1.66. The zero-order chi connectivity index (χ0) is 14.2. The predicted molar refractivity (Wildman–Crippen MR) is 73.8 cm³/mol. The van der Waals surface area contributed by atoms with Gasteiger partial charge in [0.2, 0.25) is 10.0 Å². The van der Waals surface area contributed by atoms with Gasteiger partial charge in [0, 0.05) is 12.0 Å². The van der Waals surface area contributed by atoms with Gasteiger partial charge in [-0.2, -0.15) is 0 Å². The van der Waals surface area contributed by atoms with E-state index < -0.39 is 10.0 Å². The Labute approximate surface area is 118 Å². The number of nitrogens with zero attached hydrogens (tertiary/aromatic N) is 1. The minimum Gasteiger partial charge on any atom is -0.363 e. The Bertz CT molecular complexity index is 703. The van der Waals surface area contributed by atoms with Gasteiger partial charge in [0.15, 0.2) is 0 Å². The van der Waals surface area contributed by atoms with Gasteiger partial charge in [-0.05, 0) is 25.3 Å². The summed E-state index contributed by atoms with van der Waals surface area (Å²) in [6.07, 6.45) is 3.17. The molecule has 106 valence electrons. The number of aromatic nitrogens is 1. The molecule has 1 aliphatic rings. The van der Waals surface area contributed by atoms with Crippen LogP contribution in [0.2, 0.25) is 0 Å². The average Bonchev–Trinajstić information content (AvgIpc) is 3.12. The standard InChI is InChI=1S/C14H16N2O3S/c1-11-13(9-19-16-11)20(17,18)15-10-14(7-8-14)12-5-3-2-4-6-12/h2-6,9,15H,7-8,10H2,1H3. The second kappa shape index (κ2) is 4.71. The molecular weight excluding hydrogens is 276 g/mol. The molecule has 1 fully saturated rings. The third-order valence-electron chi connectivity index (χ3n) is 3.84. The van der Waals surface area contributed by atoms with Gasteiger partial charge < -0.3 is 4.52 Å². The van der Waals surface area contributed by atoms with E-state index >= 15 is 0 Å². The van der Waals surface area contributed by atoms with E-state index in [-0.39, 0.29) is 10.3 Å². The van der Waals surface area contributed by atoms with Crippen molar-refractivity contribution in [1.82, 2.24) is 9.88 Å². The molecule has 0 atom stereocenters. The molecule has 0 unspecified atom stereocenters. The molecule has 1 N–H and O–H groups in total. The van der Waals surface area contributed by atoms with E-state index in [1.165, 1.54) is 11.8 Å². The molecule has 3 rings (SSSR count). The van der Waals surface area contributed by atoms with E-state index in [1.54, 1.807) is 6.92 Å². The third-order valence-corrected chi connectivity index (χ3v) is 5.33. The molecule has 6 heteroatoms. The Morgan fingerprint density at radius 1 is 1.30 bits per heavy atom. The molecule has 0 aliphatic heterocycles. The maximum Gasteiger partial charge on any atom is 0.245 e. The summed E-state index contributed by atoms with van der Waals surface area (Å²) in [5, 5.41) is 3.61. The number of aryl methyl sites for hydroxylation is 1. The Kier molecular flexibility index (Phi) is 3.14. The Balaban J connectivity index is 1.76. The zero-order valence-electron chi connectivity index (χ0n) is 11.2. The highest BCUT2D eigenvalue weighted by Gasteiger charge is 2.44. The summed E-state index contributed by atoms with van der Waals surface area (Å²) in [5.41, 5.74) is 1.51. The van der Waals surface area contributed by atoms with Gasteiger partial charge in [-0.1, -0.05) is 35.5 Å². The lowest BCUT2D eigenvalue weighted by Gasteiger charge is -2.16. The lowest BCUT2D eigenvalue weighted by Crippen LogP contribution is -2.32. The van der Waals surface area contributed by atoms with Gasteiger partial charge in [-0.15, -0.1) is 0 Å². The van der Waals surface area contributed by atoms with Crippen molar-refractivity contribution in [3.8, 4) is 0 Å². The maximum atomic E-state index is 12.2. The summed E-state index contributed by atoms with van der Waals surface area (Å²) in [6.45, 7) is 2.02. The van der Waals surface area contributed by atoms with Crippen molar-refractivity contribution >= 4 is 10.0 Å². The molecule has 1 saturated carbocycles. The second-order valence-electron chi connectivity index (χ2n) is 5.24. The largest absolute Gasteiger partial charge is 0.363 e. The summed E-state index contributed by atoms with van der Waals surface area (Å²) in [4.78, 5) is 0.112. The smallest absolute Gasteiger partial charge is 0.245 e. The van der Waals surface area contributed by atoms with E-state index in [4.69, 9.17) is 4.52 Å². The Morgan fingerprint density at radius 2 is 2.00 bits per heavy atom. The third kappa shape index (κ3) is 2.36. The summed E-state index contributed by atoms with van der Waals surface area (Å²) in [6, 6.07) is 10.0. The first-order chi connectivity index (χ1) is 9.54. The fourth-order valence-electron chi connectivity index (χ4n) is 2.36. The van der Waals surface area contributed by atoms with Crippen LogP contribution in [0.5, 0.6) is 0 Å². The van der Waals surface area contributed by atoms with Crippen LogP contribution in [0.15, 0.2) is 46.0 Å². The minimum absolute atomic E-state index is 0.0562. The molecule has 0 amide bonds. The van der Waals surface area contributed by atoms with E-state index in [2.05, 4.69) is 9.88 Å². The Morgan fingerprint density at radius 3 is 2.55 bits per heavy atom. The van der Waals surface area contributed by atoms with Crippen LogP contribution >= 0.6 is 0 Å². The van der Waals surface area contributed by atoms with Crippen molar-refractivity contribution in [2.24, 2.45) is 0 Å². The minimum atomic E-state index is -3.56. The molecule has 20 heavy (non-hydrogen) atoms. The zero-order valence-corrected chi connectivity index (χ0v) is 12.0. The van der Waals surface area contributed by atoms with Crippen LogP contribution in [-0.2, 0) is 15.4 Å². The number of hydrogen-bond donors (Lipinski definition) is 1. The van der Waals surface area contributed by atoms with Crippen LogP contribution in [0, 0.1) is 6.92 Å². The normalized spacial score (nSPS) is 17.1. The quantitative estimate of drug-likeness (QED) is 0.914. The predicted octanol–water partition coefficient (Wildman–Crippen LogP) is 1.99. The van der Waals surface area contributed by atoms with Crippen LogP contribution in [-0.4, -0.2) is 20.1 Å². The molecule has 5 nitrogen and oxygen atoms in total. The van der Waals surface area contributed by atoms with Crippen molar-refractivity contribution in [1.29, 1.82) is 0 Å². The first-order valence-corrected chi connectivity index (χ1v) is 7.98. The van der Waals surface area contributed by atoms with Crippen molar-refractivity contribution < 1.29 is 12.9 Å². The molecule has 2 aromatic rings. The number of sulfonamides is 1. The van der Waals surface area contributed by atoms with Gasteiger partial charge >= 0.3 is 0 Å². The first-order valence-electron chi connectivity index (χ1n) is 6.50. The van der Waals surface area contributed by atoms with E-state index in [0.29, 0.717) is 12.2 Å². The molecule has 0 bridgehead atoms. The topological polar surface area (TPSA) is 72.2 Å². The summed E-state index contributed by atoms with van der Waals surface area (Å²) >= 11 is 0. The second-order valence-corrected chi connectivity index (χ2v) is 6.97. The molecular formula is C14H16N2O3S. The maximum absolute atomic E-state index is 12.2. The number of benzene rings is 1. The van der Waals surface area contributed by atoms with E-state index in [0.717, 1.165) is 12.8 Å². The lowest BCUT2D eigenvalue weighted by molar-refractivity contribution is 0.413. The monoisotopic (exact) mass is 292 g/mol. The van der Waals surface area contributed by atoms with Crippen LogP contribution in [0.4, 0.5) is 0 Å². The van der Waals surface area contributed by atoms with Crippen LogP contribution in [0.25, 0.3) is 0 Å². The summed E-state index contributed by atoms with van der Waals surface area (Å²) in [7, 11) is -3.56. The van der Waals surface area contributed by atoms with Crippen LogP contribution < -0.4 is 4.72 Å². The molecule has 0 saturated heterocycles. The van der Waals surface area contributed by atoms with Gasteiger partial charge in [0.25, 0.3) is 0 Å². The van der Waals surface area contributed by atoms with Crippen molar-refractivity contribution in [3.05, 3.63) is 47.9 Å². The first kappa shape index (κ1) is 13.3. The number of nitrogens with one attached hydrogen (secondary N) is 1. The van der Waals surface area contributed by atoms with Crippen LogP contribution in [0.1, 0.15) is 24.1 Å². The molecule has 1 aromatic heterocycles. The highest BCUT2D eigenvalue weighted by atomic mass is 32.2. The van der Waals surface area contributed by atoms with Gasteiger partial charge in [0.1, 0.15) is 16.9 Å².